The van der Waals surface area contributed by atoms with Gasteiger partial charge in [-0.2, -0.15) is 13.2 Å². The number of hydrogen-bond acceptors (Lipinski definition) is 4. The highest BCUT2D eigenvalue weighted by molar-refractivity contribution is 7.15. The molecule has 1 aliphatic heterocycles. The molecule has 1 aromatic heterocycles. The Morgan fingerprint density at radius 3 is 2.86 bits per heavy atom. The van der Waals surface area contributed by atoms with Crippen LogP contribution >= 0.6 is 11.3 Å². The van der Waals surface area contributed by atoms with Crippen LogP contribution in [0.1, 0.15) is 24.1 Å². The van der Waals surface area contributed by atoms with Crippen molar-refractivity contribution in [3.8, 4) is 0 Å². The summed E-state index contributed by atoms with van der Waals surface area (Å²) < 4.78 is 37.2. The van der Waals surface area contributed by atoms with Gasteiger partial charge in [0.05, 0.1) is 6.20 Å². The minimum absolute atomic E-state index is 0.172. The molecule has 116 valence electrons. The maximum absolute atomic E-state index is 12.4. The smallest absolute Gasteiger partial charge is 0.354 e. The molecule has 1 aromatic rings. The van der Waals surface area contributed by atoms with Crippen molar-refractivity contribution in [3.63, 3.8) is 0 Å². The van der Waals surface area contributed by atoms with Crippen LogP contribution in [-0.2, 0) is 11.0 Å². The topological polar surface area (TPSA) is 83.1 Å². The largest absolute Gasteiger partial charge is 0.427 e. The second kappa shape index (κ2) is 6.29. The number of rotatable bonds is 2. The summed E-state index contributed by atoms with van der Waals surface area (Å²) in [5.74, 6) is -0.294. The van der Waals surface area contributed by atoms with Gasteiger partial charge in [-0.25, -0.2) is 9.78 Å². The molecule has 3 amide bonds. The Labute approximate surface area is 122 Å². The molecule has 1 aliphatic rings. The fourth-order valence-electron chi connectivity index (χ4n) is 1.83. The van der Waals surface area contributed by atoms with Crippen LogP contribution in [0.5, 0.6) is 0 Å². The van der Waals surface area contributed by atoms with Crippen molar-refractivity contribution < 1.29 is 22.8 Å². The number of nitrogens with zero attached hydrogens (tertiary/aromatic N) is 1. The summed E-state index contributed by atoms with van der Waals surface area (Å²) in [6.45, 7) is 0.556. The Balaban J connectivity index is 1.92. The number of anilines is 1. The van der Waals surface area contributed by atoms with Crippen molar-refractivity contribution in [3.05, 3.63) is 11.1 Å². The van der Waals surface area contributed by atoms with Gasteiger partial charge in [-0.15, -0.1) is 0 Å². The van der Waals surface area contributed by atoms with Gasteiger partial charge in [-0.3, -0.25) is 10.1 Å². The summed E-state index contributed by atoms with van der Waals surface area (Å²) in [7, 11) is 0. The lowest BCUT2D eigenvalue weighted by atomic mass is 10.1. The van der Waals surface area contributed by atoms with E-state index in [2.05, 4.69) is 20.9 Å². The molecule has 0 aromatic carbocycles. The van der Waals surface area contributed by atoms with E-state index in [1.807, 2.05) is 0 Å². The van der Waals surface area contributed by atoms with Crippen molar-refractivity contribution in [2.24, 2.45) is 0 Å². The normalized spacial score (nSPS) is 19.6. The van der Waals surface area contributed by atoms with Crippen molar-refractivity contribution >= 4 is 28.4 Å². The van der Waals surface area contributed by atoms with E-state index in [1.54, 1.807) is 0 Å². The maximum atomic E-state index is 12.4. The number of hydrogen-bond donors (Lipinski definition) is 3. The van der Waals surface area contributed by atoms with Gasteiger partial charge in [0.15, 0.2) is 5.13 Å². The highest BCUT2D eigenvalue weighted by Gasteiger charge is 2.33. The quantitative estimate of drug-likeness (QED) is 0.778. The maximum Gasteiger partial charge on any atom is 0.427 e. The molecule has 1 saturated heterocycles. The third-order valence-corrected chi connectivity index (χ3v) is 3.80. The average molecular weight is 322 g/mol. The first-order chi connectivity index (χ1) is 9.86. The molecule has 6 nitrogen and oxygen atoms in total. The first-order valence-corrected chi connectivity index (χ1v) is 7.06. The molecule has 3 N–H and O–H groups in total. The molecular weight excluding hydrogens is 309 g/mol. The second-order valence-corrected chi connectivity index (χ2v) is 5.50. The number of aromatic nitrogens is 1. The number of alkyl halides is 3. The van der Waals surface area contributed by atoms with Gasteiger partial charge in [0.25, 0.3) is 0 Å². The fourth-order valence-corrected chi connectivity index (χ4v) is 2.51. The molecule has 21 heavy (non-hydrogen) atoms. The predicted molar refractivity (Wildman–Crippen MR) is 69.9 cm³/mol. The zero-order valence-electron chi connectivity index (χ0n) is 10.8. The molecule has 0 aliphatic carbocycles. The van der Waals surface area contributed by atoms with Crippen molar-refractivity contribution in [2.45, 2.75) is 31.5 Å². The SMILES string of the molecule is O=C(Nc1ncc(C(F)(F)F)s1)N[C@@H]1CCCCNC1=O. The second-order valence-electron chi connectivity index (χ2n) is 4.47. The number of carbonyl (C=O) groups excluding carboxylic acids is 2. The molecule has 2 heterocycles. The van der Waals surface area contributed by atoms with E-state index in [0.717, 1.165) is 12.8 Å². The number of nitrogens with one attached hydrogen (secondary N) is 3. The minimum atomic E-state index is -4.49. The highest BCUT2D eigenvalue weighted by Crippen LogP contribution is 2.34. The van der Waals surface area contributed by atoms with Crippen molar-refractivity contribution in [1.82, 2.24) is 15.6 Å². The van der Waals surface area contributed by atoms with Gasteiger partial charge in [-0.1, -0.05) is 11.3 Å². The van der Waals surface area contributed by atoms with E-state index in [0.29, 0.717) is 30.5 Å². The lowest BCUT2D eigenvalue weighted by molar-refractivity contribution is -0.134. The van der Waals surface area contributed by atoms with Crippen molar-refractivity contribution in [2.75, 3.05) is 11.9 Å². The number of urea groups is 1. The van der Waals surface area contributed by atoms with E-state index in [9.17, 15) is 22.8 Å². The molecule has 1 atom stereocenters. The Morgan fingerprint density at radius 2 is 2.19 bits per heavy atom. The number of halogens is 3. The lowest BCUT2D eigenvalue weighted by Gasteiger charge is -2.14. The van der Waals surface area contributed by atoms with Gasteiger partial charge in [0.1, 0.15) is 10.9 Å². The van der Waals surface area contributed by atoms with Crippen LogP contribution < -0.4 is 16.0 Å². The number of amides is 3. The fraction of sp³-hybridized carbons (Fsp3) is 0.545. The van der Waals surface area contributed by atoms with Crippen LogP contribution in [0.15, 0.2) is 6.20 Å². The monoisotopic (exact) mass is 322 g/mol. The molecule has 0 radical (unpaired) electrons. The van der Waals surface area contributed by atoms with Crippen LogP contribution in [0, 0.1) is 0 Å². The predicted octanol–water partition coefficient (Wildman–Crippen LogP) is 1.95. The Kier molecular flexibility index (Phi) is 4.66. The summed E-state index contributed by atoms with van der Waals surface area (Å²) in [6.07, 6.45) is -1.75. The van der Waals surface area contributed by atoms with Gasteiger partial charge in [0.2, 0.25) is 5.91 Å². The summed E-state index contributed by atoms with van der Waals surface area (Å²) in [6, 6.07) is -1.44. The standard InChI is InChI=1S/C11H13F3N4O2S/c12-11(13,14)7-5-16-10(21-7)18-9(20)17-6-3-1-2-4-15-8(6)19/h5-6H,1-4H2,(H,15,19)(H2,16,17,18,20)/t6-/m1/s1. The van der Waals surface area contributed by atoms with E-state index in [4.69, 9.17) is 0 Å². The molecule has 0 bridgehead atoms. The summed E-state index contributed by atoms with van der Waals surface area (Å²) >= 11 is 0.326. The molecule has 0 unspecified atom stereocenters. The van der Waals surface area contributed by atoms with Crippen LogP contribution in [-0.4, -0.2) is 29.5 Å². The minimum Gasteiger partial charge on any atom is -0.354 e. The third-order valence-electron chi connectivity index (χ3n) is 2.85. The first kappa shape index (κ1) is 15.5. The van der Waals surface area contributed by atoms with Gasteiger partial charge >= 0.3 is 12.2 Å². The summed E-state index contributed by atoms with van der Waals surface area (Å²) in [4.78, 5) is 25.9. The van der Waals surface area contributed by atoms with E-state index in [-0.39, 0.29) is 11.0 Å². The molecule has 2 rings (SSSR count). The van der Waals surface area contributed by atoms with E-state index < -0.39 is 23.1 Å². The van der Waals surface area contributed by atoms with Gasteiger partial charge < -0.3 is 10.6 Å². The summed E-state index contributed by atoms with van der Waals surface area (Å²) in [5.41, 5.74) is 0. The molecular formula is C11H13F3N4O2S. The van der Waals surface area contributed by atoms with E-state index in [1.165, 1.54) is 0 Å². The molecule has 1 fully saturated rings. The third kappa shape index (κ3) is 4.31. The van der Waals surface area contributed by atoms with Crippen LogP contribution in [0.2, 0.25) is 0 Å². The Bertz CT molecular complexity index is 532. The van der Waals surface area contributed by atoms with Crippen molar-refractivity contribution in [1.29, 1.82) is 0 Å². The van der Waals surface area contributed by atoms with Gasteiger partial charge in [0, 0.05) is 6.54 Å². The van der Waals surface area contributed by atoms with Crippen LogP contribution in [0.3, 0.4) is 0 Å². The Morgan fingerprint density at radius 1 is 1.43 bits per heavy atom. The van der Waals surface area contributed by atoms with Gasteiger partial charge in [-0.05, 0) is 19.3 Å². The molecule has 0 saturated carbocycles. The zero-order valence-corrected chi connectivity index (χ0v) is 11.6. The number of carbonyl (C=O) groups is 2. The molecule has 0 spiro atoms. The molecule has 10 heteroatoms. The number of thiazole rings is 1. The average Bonchev–Trinajstić information content (AvgIpc) is 2.76. The van der Waals surface area contributed by atoms with E-state index >= 15 is 0 Å². The highest BCUT2D eigenvalue weighted by atomic mass is 32.1. The lowest BCUT2D eigenvalue weighted by Crippen LogP contribution is -2.46. The zero-order chi connectivity index (χ0) is 15.5. The Hall–Kier alpha value is -1.84. The van der Waals surface area contributed by atoms with Crippen LogP contribution in [0.4, 0.5) is 23.1 Å². The van der Waals surface area contributed by atoms with Crippen LogP contribution in [0.25, 0.3) is 0 Å². The summed E-state index contributed by atoms with van der Waals surface area (Å²) in [5, 5.41) is 7.10. The first-order valence-electron chi connectivity index (χ1n) is 6.24.